The average Bonchev–Trinajstić information content (AvgIpc) is 3.88. The zero-order valence-corrected chi connectivity index (χ0v) is 34.8. The Labute approximate surface area is 349 Å². The van der Waals surface area contributed by atoms with Crippen LogP contribution in [0.15, 0.2) is 73.1 Å². The molecule has 2 aliphatic heterocycles. The zero-order chi connectivity index (χ0) is 41.8. The number of alkyl halides is 4. The maximum Gasteiger partial charge on any atom is 0.306 e. The number of benzene rings is 2. The van der Waals surface area contributed by atoms with E-state index in [1.54, 1.807) is 38.6 Å². The summed E-state index contributed by atoms with van der Waals surface area (Å²) in [6, 6.07) is 19.1. The van der Waals surface area contributed by atoms with Gasteiger partial charge >= 0.3 is 5.97 Å². The van der Waals surface area contributed by atoms with Crippen molar-refractivity contribution in [3.05, 3.63) is 84.2 Å². The van der Waals surface area contributed by atoms with Gasteiger partial charge < -0.3 is 39.5 Å². The normalized spacial score (nSPS) is 17.2. The van der Waals surface area contributed by atoms with Gasteiger partial charge in [0, 0.05) is 58.5 Å². The summed E-state index contributed by atoms with van der Waals surface area (Å²) in [6.45, 7) is 6.00. The fourth-order valence-corrected chi connectivity index (χ4v) is 6.60. The standard InChI is InChI=1S/C22H28F2N4O3.C19H25F2N5O.ClH/c1-15(12-21(29)30-3)16-4-6-17(7-5-16)31-18-9-11-28(13-18)20-8-10-25-22(26-20)27(2)14-19(23)24;1-13(22)14-3-5-15(6-4-14)27-16-8-10-26(11-16)18-7-9-23-19(24-18)25(2)12-17(20)21;/h4-8,10,15,18-19H,9,11-14H2,1-3H3;3-7,9,13,16-17H,8,10-12,22H2,1-2H3;1H/t15-,18?;13-,16?;/m10./s1. The summed E-state index contributed by atoms with van der Waals surface area (Å²) in [6.07, 6.45) is 0.370. The smallest absolute Gasteiger partial charge is 0.306 e. The van der Waals surface area contributed by atoms with E-state index in [1.165, 1.54) is 16.9 Å². The third-order valence-electron chi connectivity index (χ3n) is 9.86. The lowest BCUT2D eigenvalue weighted by Gasteiger charge is -2.21. The van der Waals surface area contributed by atoms with Crippen LogP contribution in [0.2, 0.25) is 0 Å². The number of esters is 1. The third kappa shape index (κ3) is 14.0. The molecular formula is C41H54ClF4N9O4. The fraction of sp³-hybridized carbons (Fsp3) is 0.488. The number of hydrogen-bond donors (Lipinski definition) is 1. The van der Waals surface area contributed by atoms with Crippen molar-refractivity contribution < 1.29 is 36.6 Å². The predicted molar refractivity (Wildman–Crippen MR) is 223 cm³/mol. The Morgan fingerprint density at radius 2 is 1.17 bits per heavy atom. The van der Waals surface area contributed by atoms with Crippen LogP contribution in [0.1, 0.15) is 56.2 Å². The van der Waals surface area contributed by atoms with Gasteiger partial charge in [-0.05, 0) is 60.4 Å². The monoisotopic (exact) mass is 847 g/mol. The molecule has 0 aliphatic carbocycles. The molecule has 13 nitrogen and oxygen atoms in total. The van der Waals surface area contributed by atoms with Gasteiger partial charge in [-0.1, -0.05) is 31.2 Å². The molecule has 2 aliphatic rings. The predicted octanol–water partition coefficient (Wildman–Crippen LogP) is 6.78. The molecule has 6 rings (SSSR count). The van der Waals surface area contributed by atoms with Crippen molar-refractivity contribution in [1.29, 1.82) is 0 Å². The summed E-state index contributed by atoms with van der Waals surface area (Å²) in [5, 5.41) is 0. The van der Waals surface area contributed by atoms with Gasteiger partial charge in [0.2, 0.25) is 11.9 Å². The largest absolute Gasteiger partial charge is 0.489 e. The number of rotatable bonds is 16. The number of carbonyl (C=O) groups excluding carboxylic acids is 1. The van der Waals surface area contributed by atoms with E-state index in [2.05, 4.69) is 29.7 Å². The minimum absolute atomic E-state index is 0. The maximum absolute atomic E-state index is 12.6. The Bertz CT molecular complexity index is 1880. The Balaban J connectivity index is 0.000000259. The van der Waals surface area contributed by atoms with Gasteiger partial charge in [0.15, 0.2) is 0 Å². The number of ether oxygens (including phenoxy) is 3. The van der Waals surface area contributed by atoms with Crippen molar-refractivity contribution in [2.45, 2.75) is 70.1 Å². The number of methoxy groups -OCH3 is 1. The zero-order valence-electron chi connectivity index (χ0n) is 34.0. The van der Waals surface area contributed by atoms with E-state index in [9.17, 15) is 22.4 Å². The van der Waals surface area contributed by atoms with Crippen LogP contribution in [0.4, 0.5) is 41.1 Å². The van der Waals surface area contributed by atoms with Crippen LogP contribution in [0, 0.1) is 0 Å². The van der Waals surface area contributed by atoms with Gasteiger partial charge in [0.05, 0.1) is 39.7 Å². The minimum Gasteiger partial charge on any atom is -0.489 e. The van der Waals surface area contributed by atoms with Crippen LogP contribution < -0.4 is 34.8 Å². The number of aromatic nitrogens is 4. The number of nitrogens with two attached hydrogens (primary N) is 1. The molecule has 4 aromatic rings. The Hall–Kier alpha value is -5.16. The Morgan fingerprint density at radius 1 is 0.746 bits per heavy atom. The van der Waals surface area contributed by atoms with Crippen LogP contribution in [0.25, 0.3) is 0 Å². The first-order valence-electron chi connectivity index (χ1n) is 19.3. The van der Waals surface area contributed by atoms with Gasteiger partial charge in [-0.2, -0.15) is 9.97 Å². The van der Waals surface area contributed by atoms with Crippen LogP contribution in [0.3, 0.4) is 0 Å². The quantitative estimate of drug-likeness (QED) is 0.0939. The Morgan fingerprint density at radius 3 is 1.56 bits per heavy atom. The Kier molecular flexibility index (Phi) is 17.6. The van der Waals surface area contributed by atoms with E-state index >= 15 is 0 Å². The number of carbonyl (C=O) groups is 1. The molecular weight excluding hydrogens is 794 g/mol. The summed E-state index contributed by atoms with van der Waals surface area (Å²) in [7, 11) is 4.50. The lowest BCUT2D eigenvalue weighted by atomic mass is 9.98. The number of halogens is 5. The van der Waals surface area contributed by atoms with E-state index in [4.69, 9.17) is 19.9 Å². The molecule has 322 valence electrons. The van der Waals surface area contributed by atoms with Gasteiger partial charge in [-0.3, -0.25) is 4.79 Å². The third-order valence-corrected chi connectivity index (χ3v) is 9.86. The fourth-order valence-electron chi connectivity index (χ4n) is 6.60. The topological polar surface area (TPSA) is 135 Å². The molecule has 4 heterocycles. The molecule has 0 saturated carbocycles. The van der Waals surface area contributed by atoms with Crippen LogP contribution in [-0.4, -0.2) is 111 Å². The number of nitrogens with zero attached hydrogens (tertiary/aromatic N) is 8. The van der Waals surface area contributed by atoms with Gasteiger partial charge in [-0.25, -0.2) is 27.5 Å². The second kappa shape index (κ2) is 22.3. The average molecular weight is 848 g/mol. The van der Waals surface area contributed by atoms with Crippen molar-refractivity contribution >= 4 is 41.9 Å². The van der Waals surface area contributed by atoms with E-state index in [1.807, 2.05) is 62.4 Å². The van der Waals surface area contributed by atoms with E-state index in [0.29, 0.717) is 31.3 Å². The summed E-state index contributed by atoms with van der Waals surface area (Å²) < 4.78 is 67.3. The molecule has 18 heteroatoms. The first-order valence-corrected chi connectivity index (χ1v) is 19.3. The van der Waals surface area contributed by atoms with Crippen LogP contribution >= 0.6 is 12.4 Å². The lowest BCUT2D eigenvalue weighted by Crippen LogP contribution is -2.28. The highest BCUT2D eigenvalue weighted by molar-refractivity contribution is 5.85. The summed E-state index contributed by atoms with van der Waals surface area (Å²) in [5.74, 6) is 3.41. The maximum atomic E-state index is 12.6. The van der Waals surface area contributed by atoms with Crippen molar-refractivity contribution in [1.82, 2.24) is 19.9 Å². The molecule has 0 amide bonds. The van der Waals surface area contributed by atoms with E-state index < -0.39 is 25.9 Å². The summed E-state index contributed by atoms with van der Waals surface area (Å²) in [4.78, 5) is 35.3. The lowest BCUT2D eigenvalue weighted by molar-refractivity contribution is -0.140. The molecule has 0 spiro atoms. The number of anilines is 4. The molecule has 2 N–H and O–H groups in total. The van der Waals surface area contributed by atoms with Crippen LogP contribution in [-0.2, 0) is 9.53 Å². The second-order valence-electron chi connectivity index (χ2n) is 14.5. The molecule has 0 bridgehead atoms. The van der Waals surface area contributed by atoms with Gasteiger partial charge in [0.1, 0.15) is 35.3 Å². The van der Waals surface area contributed by atoms with Crippen LogP contribution in [0.5, 0.6) is 11.5 Å². The SMILES string of the molecule is COC(=O)C[C@@H](C)c1ccc(OC2CCN(c3ccnc(N(C)CC(F)F)n3)C2)cc1.C[C@H](N)c1ccc(OC2CCN(c3ccnc(N(C)CC(F)F)n3)C2)cc1.Cl. The highest BCUT2D eigenvalue weighted by Gasteiger charge is 2.27. The number of hydrogen-bond acceptors (Lipinski definition) is 13. The molecule has 2 fully saturated rings. The van der Waals surface area contributed by atoms with E-state index in [0.717, 1.165) is 54.4 Å². The van der Waals surface area contributed by atoms with E-state index in [-0.39, 0.29) is 48.5 Å². The van der Waals surface area contributed by atoms with Crippen molar-refractivity contribution in [2.24, 2.45) is 5.73 Å². The molecule has 4 atom stereocenters. The van der Waals surface area contributed by atoms with Crippen molar-refractivity contribution in [3.8, 4) is 11.5 Å². The minimum atomic E-state index is -2.45. The summed E-state index contributed by atoms with van der Waals surface area (Å²) in [5.41, 5.74) is 7.98. The van der Waals surface area contributed by atoms with Crippen molar-refractivity contribution in [3.63, 3.8) is 0 Å². The first kappa shape index (κ1) is 46.5. The van der Waals surface area contributed by atoms with Gasteiger partial charge in [0.25, 0.3) is 12.9 Å². The van der Waals surface area contributed by atoms with Gasteiger partial charge in [-0.15, -0.1) is 12.4 Å². The second-order valence-corrected chi connectivity index (χ2v) is 14.5. The first-order chi connectivity index (χ1) is 27.8. The highest BCUT2D eigenvalue weighted by atomic mass is 35.5. The molecule has 2 aromatic heterocycles. The molecule has 2 saturated heterocycles. The highest BCUT2D eigenvalue weighted by Crippen LogP contribution is 2.27. The molecule has 59 heavy (non-hydrogen) atoms. The van der Waals surface area contributed by atoms with Crippen molar-refractivity contribution in [2.75, 3.05) is 80.1 Å². The molecule has 0 radical (unpaired) electrons. The molecule has 2 aromatic carbocycles. The molecule has 2 unspecified atom stereocenters. The summed E-state index contributed by atoms with van der Waals surface area (Å²) >= 11 is 0.